The van der Waals surface area contributed by atoms with E-state index in [4.69, 9.17) is 9.16 Å². The molecule has 2 bridgehead atoms. The molecule has 2 saturated heterocycles. The topological polar surface area (TPSA) is 55.8 Å². The van der Waals surface area contributed by atoms with Gasteiger partial charge in [0.25, 0.3) is 8.32 Å². The molecule has 1 saturated carbocycles. The van der Waals surface area contributed by atoms with Gasteiger partial charge in [0.1, 0.15) is 0 Å². The fraction of sp³-hybridized carbons (Fsp3) is 0.480. The zero-order valence-corrected chi connectivity index (χ0v) is 19.2. The summed E-state index contributed by atoms with van der Waals surface area (Å²) in [6.07, 6.45) is 2.84. The van der Waals surface area contributed by atoms with E-state index in [-0.39, 0.29) is 10.6 Å². The van der Waals surface area contributed by atoms with Crippen LogP contribution in [-0.2, 0) is 14.0 Å². The SMILES string of the molecule is CC(C)(C)[Si](OCC12CCC(C(=O)O)(CC1)CO2)(c1ccccc1)c1ccccc1. The predicted molar refractivity (Wildman–Crippen MR) is 121 cm³/mol. The summed E-state index contributed by atoms with van der Waals surface area (Å²) in [7, 11) is -2.62. The Bertz CT molecular complexity index is 824. The number of carboxylic acid groups (broad SMARTS) is 1. The molecule has 1 N–H and O–H groups in total. The molecule has 2 heterocycles. The molecule has 2 aromatic carbocycles. The Hall–Kier alpha value is -1.95. The molecule has 5 rings (SSSR count). The first-order valence-corrected chi connectivity index (χ1v) is 12.8. The molecule has 30 heavy (non-hydrogen) atoms. The van der Waals surface area contributed by atoms with Crippen molar-refractivity contribution in [2.75, 3.05) is 13.2 Å². The second-order valence-electron chi connectivity index (χ2n) is 10.0. The average Bonchev–Trinajstić information content (AvgIpc) is 2.76. The van der Waals surface area contributed by atoms with Crippen molar-refractivity contribution < 1.29 is 19.1 Å². The summed E-state index contributed by atoms with van der Waals surface area (Å²) in [6.45, 7) is 7.63. The quantitative estimate of drug-likeness (QED) is 0.713. The summed E-state index contributed by atoms with van der Waals surface area (Å²) in [4.78, 5) is 11.8. The third-order valence-electron chi connectivity index (χ3n) is 7.20. The van der Waals surface area contributed by atoms with Crippen molar-refractivity contribution >= 4 is 24.7 Å². The average molecular weight is 425 g/mol. The summed E-state index contributed by atoms with van der Waals surface area (Å²) in [5.74, 6) is -0.719. The Labute approximate surface area is 180 Å². The van der Waals surface area contributed by atoms with Crippen LogP contribution in [0, 0.1) is 5.41 Å². The Morgan fingerprint density at radius 2 is 1.47 bits per heavy atom. The maximum absolute atomic E-state index is 11.8. The van der Waals surface area contributed by atoms with Crippen LogP contribution in [0.25, 0.3) is 0 Å². The van der Waals surface area contributed by atoms with E-state index in [0.717, 1.165) is 12.8 Å². The Morgan fingerprint density at radius 3 is 1.83 bits per heavy atom. The smallest absolute Gasteiger partial charge is 0.311 e. The molecule has 160 valence electrons. The van der Waals surface area contributed by atoms with E-state index in [0.29, 0.717) is 26.1 Å². The van der Waals surface area contributed by atoms with Crippen LogP contribution in [0.15, 0.2) is 60.7 Å². The lowest BCUT2D eigenvalue weighted by atomic mass is 9.66. The number of hydrogen-bond donors (Lipinski definition) is 1. The fourth-order valence-corrected chi connectivity index (χ4v) is 9.86. The molecular formula is C25H32O4Si. The van der Waals surface area contributed by atoms with Gasteiger partial charge in [-0.2, -0.15) is 0 Å². The molecule has 0 radical (unpaired) electrons. The standard InChI is InChI=1S/C25H32O4Si/c1-23(2,3)30(20-10-6-4-7-11-20,21-12-8-5-9-13-21)29-19-25-16-14-24(15-17-25,18-28-25)22(26)27/h4-13H,14-19H2,1-3H3,(H,26,27). The highest BCUT2D eigenvalue weighted by atomic mass is 28.4. The minimum absolute atomic E-state index is 0.0828. The Balaban J connectivity index is 1.69. The zero-order valence-electron chi connectivity index (χ0n) is 18.2. The summed E-state index contributed by atoms with van der Waals surface area (Å²) >= 11 is 0. The number of benzene rings is 2. The predicted octanol–water partition coefficient (Wildman–Crippen LogP) is 3.98. The van der Waals surface area contributed by atoms with Gasteiger partial charge in [-0.1, -0.05) is 81.4 Å². The lowest BCUT2D eigenvalue weighted by molar-refractivity contribution is -0.209. The monoisotopic (exact) mass is 424 g/mol. The molecule has 3 fully saturated rings. The van der Waals surface area contributed by atoms with Crippen LogP contribution in [-0.4, -0.2) is 38.2 Å². The van der Waals surface area contributed by atoms with Crippen molar-refractivity contribution in [1.29, 1.82) is 0 Å². The van der Waals surface area contributed by atoms with Crippen LogP contribution in [0.1, 0.15) is 46.5 Å². The van der Waals surface area contributed by atoms with Gasteiger partial charge in [-0.3, -0.25) is 4.79 Å². The lowest BCUT2D eigenvalue weighted by Gasteiger charge is -2.52. The first kappa shape index (κ1) is 21.3. The first-order chi connectivity index (χ1) is 14.2. The molecule has 1 aliphatic carbocycles. The summed E-state index contributed by atoms with van der Waals surface area (Å²) < 4.78 is 13.3. The van der Waals surface area contributed by atoms with Gasteiger partial charge in [0.15, 0.2) is 0 Å². The van der Waals surface area contributed by atoms with E-state index < -0.39 is 19.7 Å². The highest BCUT2D eigenvalue weighted by molar-refractivity contribution is 6.99. The van der Waals surface area contributed by atoms with Gasteiger partial charge in [0.05, 0.1) is 24.2 Å². The maximum Gasteiger partial charge on any atom is 0.311 e. The van der Waals surface area contributed by atoms with Gasteiger partial charge in [-0.25, -0.2) is 0 Å². The second-order valence-corrected chi connectivity index (χ2v) is 14.3. The van der Waals surface area contributed by atoms with Crippen LogP contribution < -0.4 is 10.4 Å². The molecule has 5 heteroatoms. The molecule has 0 amide bonds. The summed E-state index contributed by atoms with van der Waals surface area (Å²) in [5.41, 5.74) is -1.07. The third kappa shape index (κ3) is 3.43. The molecular weight excluding hydrogens is 392 g/mol. The number of aliphatic carboxylic acids is 1. The molecule has 0 aromatic heterocycles. The van der Waals surface area contributed by atoms with E-state index in [1.54, 1.807) is 0 Å². The van der Waals surface area contributed by atoms with Crippen molar-refractivity contribution in [3.8, 4) is 0 Å². The molecule has 2 aromatic rings. The number of fused-ring (bicyclic) bond motifs is 3. The highest BCUT2D eigenvalue weighted by Crippen LogP contribution is 2.50. The minimum Gasteiger partial charge on any atom is -0.481 e. The first-order valence-electron chi connectivity index (χ1n) is 10.9. The van der Waals surface area contributed by atoms with Gasteiger partial charge in [-0.15, -0.1) is 0 Å². The van der Waals surface area contributed by atoms with Crippen molar-refractivity contribution in [3.63, 3.8) is 0 Å². The molecule has 2 aliphatic heterocycles. The van der Waals surface area contributed by atoms with Crippen LogP contribution in [0.2, 0.25) is 5.04 Å². The van der Waals surface area contributed by atoms with E-state index in [2.05, 4.69) is 69.3 Å². The fourth-order valence-electron chi connectivity index (χ4n) is 5.23. The van der Waals surface area contributed by atoms with Crippen molar-refractivity contribution in [1.82, 2.24) is 0 Å². The summed E-state index contributed by atoms with van der Waals surface area (Å²) in [6, 6.07) is 21.2. The maximum atomic E-state index is 11.8. The molecule has 0 unspecified atom stereocenters. The van der Waals surface area contributed by atoms with Crippen molar-refractivity contribution in [3.05, 3.63) is 60.7 Å². The van der Waals surface area contributed by atoms with E-state index in [1.807, 2.05) is 12.1 Å². The number of ether oxygens (including phenoxy) is 1. The van der Waals surface area contributed by atoms with E-state index >= 15 is 0 Å². The van der Waals surface area contributed by atoms with Crippen LogP contribution in [0.3, 0.4) is 0 Å². The molecule has 3 aliphatic rings. The Morgan fingerprint density at radius 1 is 0.967 bits per heavy atom. The highest BCUT2D eigenvalue weighted by Gasteiger charge is 2.56. The van der Waals surface area contributed by atoms with Gasteiger partial charge >= 0.3 is 5.97 Å². The van der Waals surface area contributed by atoms with Crippen LogP contribution >= 0.6 is 0 Å². The Kier molecular flexibility index (Phi) is 5.41. The third-order valence-corrected chi connectivity index (χ3v) is 12.2. The lowest BCUT2D eigenvalue weighted by Crippen LogP contribution is -2.68. The van der Waals surface area contributed by atoms with Gasteiger partial charge < -0.3 is 14.3 Å². The van der Waals surface area contributed by atoms with E-state index in [1.165, 1.54) is 10.4 Å². The minimum atomic E-state index is -2.62. The van der Waals surface area contributed by atoms with Crippen molar-refractivity contribution in [2.45, 2.75) is 57.1 Å². The van der Waals surface area contributed by atoms with Gasteiger partial charge in [0.2, 0.25) is 0 Å². The van der Waals surface area contributed by atoms with Crippen LogP contribution in [0.4, 0.5) is 0 Å². The normalized spacial score (nSPS) is 26.5. The number of carbonyl (C=O) groups is 1. The number of rotatable bonds is 6. The summed E-state index contributed by atoms with van der Waals surface area (Å²) in [5, 5.41) is 12.1. The zero-order chi connectivity index (χ0) is 21.5. The van der Waals surface area contributed by atoms with E-state index in [9.17, 15) is 9.90 Å². The largest absolute Gasteiger partial charge is 0.481 e. The van der Waals surface area contributed by atoms with Gasteiger partial charge in [-0.05, 0) is 41.1 Å². The van der Waals surface area contributed by atoms with Gasteiger partial charge in [0, 0.05) is 0 Å². The van der Waals surface area contributed by atoms with Crippen molar-refractivity contribution in [2.24, 2.45) is 5.41 Å². The molecule has 0 atom stereocenters. The number of hydrogen-bond acceptors (Lipinski definition) is 3. The molecule has 0 spiro atoms. The number of carboxylic acids is 1. The molecule has 4 nitrogen and oxygen atoms in total. The van der Waals surface area contributed by atoms with Crippen LogP contribution in [0.5, 0.6) is 0 Å². The second kappa shape index (κ2) is 7.63.